The van der Waals surface area contributed by atoms with Gasteiger partial charge in [-0.3, -0.25) is 0 Å². The van der Waals surface area contributed by atoms with Gasteiger partial charge in [0.2, 0.25) is 0 Å². The highest BCUT2D eigenvalue weighted by molar-refractivity contribution is 5.68. The van der Waals surface area contributed by atoms with Crippen LogP contribution in [0.2, 0.25) is 0 Å². The van der Waals surface area contributed by atoms with Crippen molar-refractivity contribution in [3.8, 4) is 5.75 Å². The largest absolute Gasteiger partial charge is 0.496 e. The lowest BCUT2D eigenvalue weighted by Crippen LogP contribution is -2.38. The van der Waals surface area contributed by atoms with Gasteiger partial charge in [0.25, 0.3) is 0 Å². The fourth-order valence-corrected chi connectivity index (χ4v) is 2.57. The first-order valence-corrected chi connectivity index (χ1v) is 8.32. The SMILES string of the molecule is CCCc1cc(OC)c(CC(C)NC(=O)OC(C)(C)C)cc1C. The molecule has 130 valence electrons. The van der Waals surface area contributed by atoms with Crippen molar-refractivity contribution in [2.45, 2.75) is 72.4 Å². The van der Waals surface area contributed by atoms with Crippen molar-refractivity contribution in [3.05, 3.63) is 28.8 Å². The Kier molecular flexibility index (Phi) is 6.92. The number of carbonyl (C=O) groups excluding carboxylic acids is 1. The molecule has 1 aromatic rings. The molecule has 0 aromatic heterocycles. The summed E-state index contributed by atoms with van der Waals surface area (Å²) in [6.07, 6.45) is 2.48. The fourth-order valence-electron chi connectivity index (χ4n) is 2.57. The van der Waals surface area contributed by atoms with E-state index in [1.807, 2.05) is 27.7 Å². The summed E-state index contributed by atoms with van der Waals surface area (Å²) in [7, 11) is 1.69. The molecule has 4 nitrogen and oxygen atoms in total. The lowest BCUT2D eigenvalue weighted by Gasteiger charge is -2.22. The maximum atomic E-state index is 11.9. The molecule has 1 N–H and O–H groups in total. The molecule has 1 aromatic carbocycles. The second-order valence-electron chi connectivity index (χ2n) is 7.09. The number of nitrogens with one attached hydrogen (secondary N) is 1. The summed E-state index contributed by atoms with van der Waals surface area (Å²) in [6.45, 7) is 11.8. The molecule has 0 aliphatic heterocycles. The van der Waals surface area contributed by atoms with Crippen LogP contribution in [-0.4, -0.2) is 24.8 Å². The first-order valence-electron chi connectivity index (χ1n) is 8.32. The van der Waals surface area contributed by atoms with E-state index in [1.54, 1.807) is 7.11 Å². The quantitative estimate of drug-likeness (QED) is 0.844. The van der Waals surface area contributed by atoms with E-state index in [0.29, 0.717) is 6.42 Å². The maximum Gasteiger partial charge on any atom is 0.407 e. The van der Waals surface area contributed by atoms with Crippen LogP contribution < -0.4 is 10.1 Å². The highest BCUT2D eigenvalue weighted by Gasteiger charge is 2.18. The lowest BCUT2D eigenvalue weighted by molar-refractivity contribution is 0.0508. The number of benzene rings is 1. The van der Waals surface area contributed by atoms with E-state index in [4.69, 9.17) is 9.47 Å². The molecule has 23 heavy (non-hydrogen) atoms. The third-order valence-electron chi connectivity index (χ3n) is 3.55. The molecule has 0 fully saturated rings. The summed E-state index contributed by atoms with van der Waals surface area (Å²) in [6, 6.07) is 4.25. The molecule has 0 aliphatic rings. The van der Waals surface area contributed by atoms with E-state index in [0.717, 1.165) is 24.2 Å². The second kappa shape index (κ2) is 8.23. The van der Waals surface area contributed by atoms with Crippen LogP contribution in [0, 0.1) is 6.92 Å². The molecule has 1 rings (SSSR count). The number of aryl methyl sites for hydroxylation is 2. The summed E-state index contributed by atoms with van der Waals surface area (Å²) in [4.78, 5) is 11.9. The van der Waals surface area contributed by atoms with Gasteiger partial charge in [-0.2, -0.15) is 0 Å². The van der Waals surface area contributed by atoms with Gasteiger partial charge in [-0.25, -0.2) is 4.79 Å². The molecule has 4 heteroatoms. The number of methoxy groups -OCH3 is 1. The van der Waals surface area contributed by atoms with E-state index in [1.165, 1.54) is 11.1 Å². The average Bonchev–Trinajstić information content (AvgIpc) is 2.39. The predicted molar refractivity (Wildman–Crippen MR) is 94.3 cm³/mol. The first kappa shape index (κ1) is 19.3. The van der Waals surface area contributed by atoms with Crippen molar-refractivity contribution in [3.63, 3.8) is 0 Å². The topological polar surface area (TPSA) is 47.6 Å². The normalized spacial score (nSPS) is 12.7. The van der Waals surface area contributed by atoms with Crippen molar-refractivity contribution in [1.82, 2.24) is 5.32 Å². The van der Waals surface area contributed by atoms with E-state index < -0.39 is 5.60 Å². The van der Waals surface area contributed by atoms with Crippen molar-refractivity contribution in [2.24, 2.45) is 0 Å². The molecule has 0 heterocycles. The van der Waals surface area contributed by atoms with Crippen molar-refractivity contribution >= 4 is 6.09 Å². The molecule has 0 spiro atoms. The Labute approximate surface area is 140 Å². The average molecular weight is 321 g/mol. The Balaban J connectivity index is 2.79. The highest BCUT2D eigenvalue weighted by Crippen LogP contribution is 2.25. The molecule has 0 radical (unpaired) electrons. The Bertz CT molecular complexity index is 532. The zero-order valence-electron chi connectivity index (χ0n) is 15.6. The van der Waals surface area contributed by atoms with Crippen molar-refractivity contribution in [2.75, 3.05) is 7.11 Å². The Hall–Kier alpha value is -1.71. The molecular weight excluding hydrogens is 290 g/mol. The minimum absolute atomic E-state index is 0.0322. The van der Waals surface area contributed by atoms with Gasteiger partial charge in [0.05, 0.1) is 7.11 Å². The third-order valence-corrected chi connectivity index (χ3v) is 3.55. The second-order valence-corrected chi connectivity index (χ2v) is 7.09. The number of rotatable bonds is 6. The van der Waals surface area contributed by atoms with Gasteiger partial charge in [-0.15, -0.1) is 0 Å². The number of alkyl carbamates (subject to hydrolysis) is 1. The number of hydrogen-bond donors (Lipinski definition) is 1. The van der Waals surface area contributed by atoms with E-state index >= 15 is 0 Å². The van der Waals surface area contributed by atoms with Crippen molar-refractivity contribution < 1.29 is 14.3 Å². The van der Waals surface area contributed by atoms with Gasteiger partial charge >= 0.3 is 6.09 Å². The molecule has 0 bridgehead atoms. The van der Waals surface area contributed by atoms with Gasteiger partial charge in [0.1, 0.15) is 11.4 Å². The third kappa shape index (κ3) is 6.51. The predicted octanol–water partition coefficient (Wildman–Crippen LogP) is 4.41. The number of ether oxygens (including phenoxy) is 2. The number of amides is 1. The molecular formula is C19H31NO3. The monoisotopic (exact) mass is 321 g/mol. The zero-order chi connectivity index (χ0) is 17.6. The van der Waals surface area contributed by atoms with E-state index in [-0.39, 0.29) is 12.1 Å². The van der Waals surface area contributed by atoms with Crippen LogP contribution in [0.4, 0.5) is 4.79 Å². The number of carbonyl (C=O) groups is 1. The minimum Gasteiger partial charge on any atom is -0.496 e. The van der Waals surface area contributed by atoms with Gasteiger partial charge < -0.3 is 14.8 Å². The fraction of sp³-hybridized carbons (Fsp3) is 0.632. The van der Waals surface area contributed by atoms with E-state index in [2.05, 4.69) is 31.3 Å². The van der Waals surface area contributed by atoms with Crippen LogP contribution in [0.3, 0.4) is 0 Å². The lowest BCUT2D eigenvalue weighted by atomic mass is 9.97. The van der Waals surface area contributed by atoms with Gasteiger partial charge in [-0.1, -0.05) is 19.4 Å². The van der Waals surface area contributed by atoms with Crippen LogP contribution in [0.25, 0.3) is 0 Å². The van der Waals surface area contributed by atoms with Gasteiger partial charge in [-0.05, 0) is 70.2 Å². The van der Waals surface area contributed by atoms with Crippen LogP contribution >= 0.6 is 0 Å². The van der Waals surface area contributed by atoms with Crippen LogP contribution in [0.5, 0.6) is 5.75 Å². The summed E-state index contributed by atoms with van der Waals surface area (Å²) in [5, 5.41) is 2.88. The standard InChI is InChI=1S/C19H31NO3/c1-8-9-15-12-17(22-7)16(10-13(15)2)11-14(3)20-18(21)23-19(4,5)6/h10,12,14H,8-9,11H2,1-7H3,(H,20,21). The van der Waals surface area contributed by atoms with Crippen LogP contribution in [-0.2, 0) is 17.6 Å². The summed E-state index contributed by atoms with van der Waals surface area (Å²) < 4.78 is 10.8. The smallest absolute Gasteiger partial charge is 0.407 e. The van der Waals surface area contributed by atoms with Crippen LogP contribution in [0.15, 0.2) is 12.1 Å². The molecule has 0 aliphatic carbocycles. The minimum atomic E-state index is -0.486. The molecule has 0 saturated carbocycles. The Morgan fingerprint density at radius 2 is 1.91 bits per heavy atom. The molecule has 1 amide bonds. The maximum absolute atomic E-state index is 11.9. The summed E-state index contributed by atoms with van der Waals surface area (Å²) >= 11 is 0. The van der Waals surface area contributed by atoms with Gasteiger partial charge in [0, 0.05) is 6.04 Å². The Morgan fingerprint density at radius 3 is 2.43 bits per heavy atom. The molecule has 1 atom stereocenters. The molecule has 0 saturated heterocycles. The zero-order valence-corrected chi connectivity index (χ0v) is 15.6. The van der Waals surface area contributed by atoms with Gasteiger partial charge in [0.15, 0.2) is 0 Å². The van der Waals surface area contributed by atoms with Crippen LogP contribution in [0.1, 0.15) is 57.7 Å². The first-order chi connectivity index (χ1) is 10.7. The highest BCUT2D eigenvalue weighted by atomic mass is 16.6. The summed E-state index contributed by atoms with van der Waals surface area (Å²) in [5.41, 5.74) is 3.21. The van der Waals surface area contributed by atoms with E-state index in [9.17, 15) is 4.79 Å². The molecule has 1 unspecified atom stereocenters. The van der Waals surface area contributed by atoms with Crippen molar-refractivity contribution in [1.29, 1.82) is 0 Å². The number of hydrogen-bond acceptors (Lipinski definition) is 3. The summed E-state index contributed by atoms with van der Waals surface area (Å²) in [5.74, 6) is 0.886. The Morgan fingerprint density at radius 1 is 1.26 bits per heavy atom.